The largest absolute Gasteiger partial charge is 0.347 e. The van der Waals surface area contributed by atoms with Crippen molar-refractivity contribution in [3.05, 3.63) is 24.3 Å². The Labute approximate surface area is 125 Å². The molecule has 3 rings (SSSR count). The van der Waals surface area contributed by atoms with Gasteiger partial charge in [-0.25, -0.2) is 4.98 Å². The highest BCUT2D eigenvalue weighted by Crippen LogP contribution is 2.29. The van der Waals surface area contributed by atoms with E-state index in [9.17, 15) is 0 Å². The summed E-state index contributed by atoms with van der Waals surface area (Å²) in [5.74, 6) is 0. The molecule has 1 N–H and O–H groups in total. The monoisotopic (exact) mass is 289 g/mol. The Morgan fingerprint density at radius 3 is 3.05 bits per heavy atom. The lowest BCUT2D eigenvalue weighted by atomic mass is 10.2. The molecule has 2 heterocycles. The normalized spacial score (nSPS) is 18.8. The molecule has 1 aliphatic rings. The van der Waals surface area contributed by atoms with Crippen LogP contribution in [0.25, 0.3) is 10.2 Å². The maximum atomic E-state index is 4.82. The molecule has 1 fully saturated rings. The first-order chi connectivity index (χ1) is 9.86. The topological polar surface area (TPSA) is 28.2 Å². The van der Waals surface area contributed by atoms with Crippen molar-refractivity contribution >= 4 is 26.7 Å². The number of nitrogens with one attached hydrogen (secondary N) is 1. The van der Waals surface area contributed by atoms with Crippen LogP contribution < -0.4 is 10.2 Å². The van der Waals surface area contributed by atoms with Gasteiger partial charge in [0.05, 0.1) is 10.2 Å². The number of hydrogen-bond acceptors (Lipinski definition) is 4. The Morgan fingerprint density at radius 1 is 1.40 bits per heavy atom. The second-order valence-electron chi connectivity index (χ2n) is 5.56. The molecule has 4 heteroatoms. The van der Waals surface area contributed by atoms with Crippen LogP contribution in [-0.4, -0.2) is 30.7 Å². The van der Waals surface area contributed by atoms with Gasteiger partial charge < -0.3 is 10.2 Å². The molecule has 0 bridgehead atoms. The quantitative estimate of drug-likeness (QED) is 0.879. The Hall–Kier alpha value is -1.13. The second-order valence-corrected chi connectivity index (χ2v) is 6.57. The number of hydrogen-bond donors (Lipinski definition) is 1. The first kappa shape index (κ1) is 13.8. The molecular weight excluding hydrogens is 266 g/mol. The SMILES string of the molecule is CCCCN(CC1CCCN1)c1nc2ccccc2s1. The summed E-state index contributed by atoms with van der Waals surface area (Å²) in [4.78, 5) is 7.31. The predicted molar refractivity (Wildman–Crippen MR) is 87.8 cm³/mol. The van der Waals surface area contributed by atoms with Gasteiger partial charge in [-0.2, -0.15) is 0 Å². The summed E-state index contributed by atoms with van der Waals surface area (Å²) in [5, 5.41) is 4.79. The maximum absolute atomic E-state index is 4.82. The van der Waals surface area contributed by atoms with E-state index in [1.165, 1.54) is 42.1 Å². The highest BCUT2D eigenvalue weighted by atomic mass is 32.1. The van der Waals surface area contributed by atoms with Gasteiger partial charge in [-0.1, -0.05) is 36.8 Å². The standard InChI is InChI=1S/C16H23N3S/c1-2-3-11-19(12-13-7-6-10-17-13)16-18-14-8-4-5-9-15(14)20-16/h4-5,8-9,13,17H,2-3,6-7,10-12H2,1H3. The lowest BCUT2D eigenvalue weighted by Gasteiger charge is -2.25. The van der Waals surface area contributed by atoms with Gasteiger partial charge in [0.2, 0.25) is 0 Å². The van der Waals surface area contributed by atoms with Gasteiger partial charge in [0, 0.05) is 19.1 Å². The fourth-order valence-corrected chi connectivity index (χ4v) is 3.79. The fourth-order valence-electron chi connectivity index (χ4n) is 2.79. The third kappa shape index (κ3) is 3.13. The van der Waals surface area contributed by atoms with Gasteiger partial charge in [0.1, 0.15) is 0 Å². The number of thiazole rings is 1. The molecule has 1 saturated heterocycles. The number of anilines is 1. The number of aromatic nitrogens is 1. The molecule has 0 spiro atoms. The van der Waals surface area contributed by atoms with Gasteiger partial charge in [-0.3, -0.25) is 0 Å². The van der Waals surface area contributed by atoms with Crippen LogP contribution in [0.4, 0.5) is 5.13 Å². The molecule has 3 nitrogen and oxygen atoms in total. The molecule has 2 aromatic rings. The van der Waals surface area contributed by atoms with E-state index in [0.717, 1.165) is 18.6 Å². The molecule has 0 radical (unpaired) electrons. The van der Waals surface area contributed by atoms with Crippen LogP contribution in [0.1, 0.15) is 32.6 Å². The number of fused-ring (bicyclic) bond motifs is 1. The summed E-state index contributed by atoms with van der Waals surface area (Å²) in [6, 6.07) is 9.09. The zero-order valence-electron chi connectivity index (χ0n) is 12.1. The van der Waals surface area contributed by atoms with E-state index in [-0.39, 0.29) is 0 Å². The minimum absolute atomic E-state index is 0.638. The van der Waals surface area contributed by atoms with Crippen molar-refractivity contribution in [2.45, 2.75) is 38.6 Å². The molecule has 1 aliphatic heterocycles. The third-order valence-electron chi connectivity index (χ3n) is 3.94. The summed E-state index contributed by atoms with van der Waals surface area (Å²) in [6.45, 7) is 5.64. The summed E-state index contributed by atoms with van der Waals surface area (Å²) in [7, 11) is 0. The van der Waals surface area contributed by atoms with Crippen molar-refractivity contribution in [2.75, 3.05) is 24.5 Å². The molecule has 0 aliphatic carbocycles. The molecule has 1 aromatic carbocycles. The highest BCUT2D eigenvalue weighted by molar-refractivity contribution is 7.22. The second kappa shape index (κ2) is 6.55. The van der Waals surface area contributed by atoms with Gasteiger partial charge in [-0.05, 0) is 37.9 Å². The van der Waals surface area contributed by atoms with E-state index in [0.29, 0.717) is 6.04 Å². The minimum atomic E-state index is 0.638. The van der Waals surface area contributed by atoms with Crippen LogP contribution >= 0.6 is 11.3 Å². The molecular formula is C16H23N3S. The summed E-state index contributed by atoms with van der Waals surface area (Å²) >= 11 is 1.83. The van der Waals surface area contributed by atoms with E-state index in [1.54, 1.807) is 0 Å². The van der Waals surface area contributed by atoms with E-state index in [4.69, 9.17) is 4.98 Å². The van der Waals surface area contributed by atoms with Crippen LogP contribution in [0.15, 0.2) is 24.3 Å². The van der Waals surface area contributed by atoms with E-state index >= 15 is 0 Å². The summed E-state index contributed by atoms with van der Waals surface area (Å²) < 4.78 is 1.29. The lowest BCUT2D eigenvalue weighted by molar-refractivity contribution is 0.572. The number of benzene rings is 1. The maximum Gasteiger partial charge on any atom is 0.186 e. The Balaban J connectivity index is 1.79. The lowest BCUT2D eigenvalue weighted by Crippen LogP contribution is -2.38. The van der Waals surface area contributed by atoms with Crippen LogP contribution in [0, 0.1) is 0 Å². The van der Waals surface area contributed by atoms with Gasteiger partial charge in [0.25, 0.3) is 0 Å². The Morgan fingerprint density at radius 2 is 2.30 bits per heavy atom. The molecule has 20 heavy (non-hydrogen) atoms. The predicted octanol–water partition coefficient (Wildman–Crippen LogP) is 3.65. The van der Waals surface area contributed by atoms with Gasteiger partial charge >= 0.3 is 0 Å². The Kier molecular flexibility index (Phi) is 4.53. The van der Waals surface area contributed by atoms with E-state index < -0.39 is 0 Å². The average Bonchev–Trinajstić information content (AvgIpc) is 3.12. The number of para-hydroxylation sites is 1. The first-order valence-corrected chi connectivity index (χ1v) is 8.52. The van der Waals surface area contributed by atoms with E-state index in [2.05, 4.69) is 41.4 Å². The molecule has 1 unspecified atom stereocenters. The molecule has 0 amide bonds. The van der Waals surface area contributed by atoms with Crippen LogP contribution in [-0.2, 0) is 0 Å². The zero-order valence-corrected chi connectivity index (χ0v) is 13.0. The van der Waals surface area contributed by atoms with Crippen molar-refractivity contribution in [3.63, 3.8) is 0 Å². The van der Waals surface area contributed by atoms with Crippen LogP contribution in [0.3, 0.4) is 0 Å². The van der Waals surface area contributed by atoms with Gasteiger partial charge in [-0.15, -0.1) is 0 Å². The summed E-state index contributed by atoms with van der Waals surface area (Å²) in [5.41, 5.74) is 1.13. The summed E-state index contributed by atoms with van der Waals surface area (Å²) in [6.07, 6.45) is 5.09. The molecule has 0 saturated carbocycles. The molecule has 1 aromatic heterocycles. The van der Waals surface area contributed by atoms with Crippen molar-refractivity contribution in [1.29, 1.82) is 0 Å². The van der Waals surface area contributed by atoms with Crippen LogP contribution in [0.5, 0.6) is 0 Å². The minimum Gasteiger partial charge on any atom is -0.347 e. The van der Waals surface area contributed by atoms with Crippen molar-refractivity contribution in [2.24, 2.45) is 0 Å². The number of unbranched alkanes of at least 4 members (excludes halogenated alkanes) is 1. The fraction of sp³-hybridized carbons (Fsp3) is 0.562. The Bertz CT molecular complexity index is 512. The zero-order chi connectivity index (χ0) is 13.8. The van der Waals surface area contributed by atoms with Crippen LogP contribution in [0.2, 0.25) is 0 Å². The smallest absolute Gasteiger partial charge is 0.186 e. The highest BCUT2D eigenvalue weighted by Gasteiger charge is 2.20. The van der Waals surface area contributed by atoms with Crippen molar-refractivity contribution in [1.82, 2.24) is 10.3 Å². The van der Waals surface area contributed by atoms with Gasteiger partial charge in [0.15, 0.2) is 5.13 Å². The van der Waals surface area contributed by atoms with Crippen molar-refractivity contribution in [3.8, 4) is 0 Å². The molecule has 1 atom stereocenters. The van der Waals surface area contributed by atoms with Crippen molar-refractivity contribution < 1.29 is 0 Å². The first-order valence-electron chi connectivity index (χ1n) is 7.70. The number of nitrogens with zero attached hydrogens (tertiary/aromatic N) is 2. The third-order valence-corrected chi connectivity index (χ3v) is 5.04. The number of rotatable bonds is 6. The molecule has 108 valence electrons. The average molecular weight is 289 g/mol. The van der Waals surface area contributed by atoms with E-state index in [1.807, 2.05) is 11.3 Å².